The largest absolute Gasteiger partial charge is 0.444 e. The van der Waals surface area contributed by atoms with Crippen molar-refractivity contribution in [3.63, 3.8) is 0 Å². The highest BCUT2D eigenvalue weighted by atomic mass is 16.4. The first-order valence-corrected chi connectivity index (χ1v) is 6.64. The van der Waals surface area contributed by atoms with Crippen molar-refractivity contribution in [2.24, 2.45) is 0 Å². The summed E-state index contributed by atoms with van der Waals surface area (Å²) in [6.07, 6.45) is 1.64. The highest BCUT2D eigenvalue weighted by Gasteiger charge is 2.12. The quantitative estimate of drug-likeness (QED) is 0.879. The van der Waals surface area contributed by atoms with Crippen LogP contribution in [0.1, 0.15) is 34.5 Å². The molecule has 20 heavy (non-hydrogen) atoms. The number of hydrogen-bond donors (Lipinski definition) is 2. The van der Waals surface area contributed by atoms with Crippen molar-refractivity contribution in [2.75, 3.05) is 11.9 Å². The molecule has 0 saturated heterocycles. The molecule has 0 bridgehead atoms. The first-order chi connectivity index (χ1) is 9.60. The van der Waals surface area contributed by atoms with Crippen LogP contribution in [0.5, 0.6) is 0 Å². The molecule has 0 aliphatic heterocycles. The summed E-state index contributed by atoms with van der Waals surface area (Å²) in [4.78, 5) is 16.3. The number of anilines is 1. The number of aromatic nitrogens is 1. The Morgan fingerprint density at radius 2 is 2.15 bits per heavy atom. The third-order valence-corrected chi connectivity index (χ3v) is 2.86. The van der Waals surface area contributed by atoms with E-state index in [0.717, 1.165) is 23.6 Å². The second-order valence-electron chi connectivity index (χ2n) is 4.63. The number of hydrogen-bond acceptors (Lipinski definition) is 4. The van der Waals surface area contributed by atoms with E-state index < -0.39 is 0 Å². The van der Waals surface area contributed by atoms with Gasteiger partial charge in [-0.25, -0.2) is 4.98 Å². The molecule has 1 aromatic heterocycles. The van der Waals surface area contributed by atoms with Crippen LogP contribution in [0.2, 0.25) is 0 Å². The number of carbonyl (C=O) groups excluding carboxylic acids is 1. The molecule has 2 rings (SSSR count). The minimum Gasteiger partial charge on any atom is -0.444 e. The summed E-state index contributed by atoms with van der Waals surface area (Å²) in [5.74, 6) is 1.10. The SMILES string of the molecule is CCNc1cc(C)ccc1C(=O)NCc1ncc(C)o1. The minimum atomic E-state index is -0.142. The maximum Gasteiger partial charge on any atom is 0.253 e. The molecular formula is C15H19N3O2. The van der Waals surface area contributed by atoms with Gasteiger partial charge in [0.15, 0.2) is 0 Å². The molecule has 1 aromatic carbocycles. The van der Waals surface area contributed by atoms with Crippen molar-refractivity contribution in [2.45, 2.75) is 27.3 Å². The van der Waals surface area contributed by atoms with Crippen LogP contribution in [0.25, 0.3) is 0 Å². The second-order valence-corrected chi connectivity index (χ2v) is 4.63. The van der Waals surface area contributed by atoms with E-state index >= 15 is 0 Å². The van der Waals surface area contributed by atoms with E-state index in [4.69, 9.17) is 4.42 Å². The third kappa shape index (κ3) is 3.38. The summed E-state index contributed by atoms with van der Waals surface area (Å²) < 4.78 is 5.33. The molecule has 0 aliphatic carbocycles. The predicted molar refractivity (Wildman–Crippen MR) is 77.8 cm³/mol. The van der Waals surface area contributed by atoms with Crippen molar-refractivity contribution in [1.29, 1.82) is 0 Å². The van der Waals surface area contributed by atoms with Crippen LogP contribution in [-0.2, 0) is 6.54 Å². The maximum atomic E-state index is 12.2. The Balaban J connectivity index is 2.08. The van der Waals surface area contributed by atoms with Crippen molar-refractivity contribution in [3.05, 3.63) is 47.2 Å². The van der Waals surface area contributed by atoms with Gasteiger partial charge in [0.05, 0.1) is 18.3 Å². The van der Waals surface area contributed by atoms with Crippen molar-refractivity contribution in [3.8, 4) is 0 Å². The van der Waals surface area contributed by atoms with E-state index in [1.165, 1.54) is 0 Å². The average molecular weight is 273 g/mol. The van der Waals surface area contributed by atoms with Gasteiger partial charge in [0, 0.05) is 12.2 Å². The highest BCUT2D eigenvalue weighted by molar-refractivity contribution is 5.99. The van der Waals surface area contributed by atoms with Gasteiger partial charge >= 0.3 is 0 Å². The normalized spacial score (nSPS) is 10.3. The summed E-state index contributed by atoms with van der Waals surface area (Å²) in [5.41, 5.74) is 2.58. The van der Waals surface area contributed by atoms with Gasteiger partial charge < -0.3 is 15.1 Å². The van der Waals surface area contributed by atoms with Gasteiger partial charge in [-0.15, -0.1) is 0 Å². The van der Waals surface area contributed by atoms with E-state index in [1.807, 2.05) is 39.0 Å². The Morgan fingerprint density at radius 3 is 2.80 bits per heavy atom. The zero-order valence-corrected chi connectivity index (χ0v) is 12.0. The van der Waals surface area contributed by atoms with E-state index in [-0.39, 0.29) is 12.5 Å². The molecule has 2 N–H and O–H groups in total. The van der Waals surface area contributed by atoms with Gasteiger partial charge in [0.25, 0.3) is 5.91 Å². The number of oxazole rings is 1. The van der Waals surface area contributed by atoms with E-state index in [0.29, 0.717) is 11.5 Å². The number of rotatable bonds is 5. The molecule has 0 aliphatic rings. The summed E-state index contributed by atoms with van der Waals surface area (Å²) in [5, 5.41) is 6.01. The van der Waals surface area contributed by atoms with Gasteiger partial charge in [-0.05, 0) is 38.5 Å². The van der Waals surface area contributed by atoms with Gasteiger partial charge in [0.1, 0.15) is 5.76 Å². The van der Waals surface area contributed by atoms with Crippen LogP contribution in [-0.4, -0.2) is 17.4 Å². The van der Waals surface area contributed by atoms with E-state index in [9.17, 15) is 4.79 Å². The number of carbonyl (C=O) groups is 1. The van der Waals surface area contributed by atoms with E-state index in [2.05, 4.69) is 15.6 Å². The van der Waals surface area contributed by atoms with E-state index in [1.54, 1.807) is 6.20 Å². The topological polar surface area (TPSA) is 67.2 Å². The Bertz CT molecular complexity index is 605. The lowest BCUT2D eigenvalue weighted by atomic mass is 10.1. The van der Waals surface area contributed by atoms with Crippen molar-refractivity contribution >= 4 is 11.6 Å². The lowest BCUT2D eigenvalue weighted by Crippen LogP contribution is -2.24. The zero-order chi connectivity index (χ0) is 14.5. The van der Waals surface area contributed by atoms with Crippen LogP contribution in [0.4, 0.5) is 5.69 Å². The Morgan fingerprint density at radius 1 is 1.35 bits per heavy atom. The highest BCUT2D eigenvalue weighted by Crippen LogP contribution is 2.17. The van der Waals surface area contributed by atoms with Crippen LogP contribution in [0.3, 0.4) is 0 Å². The summed E-state index contributed by atoms with van der Waals surface area (Å²) in [7, 11) is 0. The molecule has 0 radical (unpaired) electrons. The Kier molecular flexibility index (Phi) is 4.40. The Labute approximate surface area is 118 Å². The van der Waals surface area contributed by atoms with Gasteiger partial charge in [-0.2, -0.15) is 0 Å². The first kappa shape index (κ1) is 14.1. The third-order valence-electron chi connectivity index (χ3n) is 2.86. The van der Waals surface area contributed by atoms with Gasteiger partial charge in [-0.3, -0.25) is 4.79 Å². The zero-order valence-electron chi connectivity index (χ0n) is 12.0. The number of amides is 1. The molecular weight excluding hydrogens is 254 g/mol. The number of nitrogens with zero attached hydrogens (tertiary/aromatic N) is 1. The fourth-order valence-electron chi connectivity index (χ4n) is 1.93. The van der Waals surface area contributed by atoms with Crippen molar-refractivity contribution in [1.82, 2.24) is 10.3 Å². The molecule has 0 atom stereocenters. The van der Waals surface area contributed by atoms with Gasteiger partial charge in [-0.1, -0.05) is 6.07 Å². The summed E-state index contributed by atoms with van der Waals surface area (Å²) >= 11 is 0. The molecule has 0 saturated carbocycles. The fraction of sp³-hybridized carbons (Fsp3) is 0.333. The lowest BCUT2D eigenvalue weighted by molar-refractivity contribution is 0.0948. The van der Waals surface area contributed by atoms with Crippen LogP contribution >= 0.6 is 0 Å². The van der Waals surface area contributed by atoms with Gasteiger partial charge in [0.2, 0.25) is 5.89 Å². The summed E-state index contributed by atoms with van der Waals surface area (Å²) in [6, 6.07) is 5.71. The fourth-order valence-corrected chi connectivity index (χ4v) is 1.93. The molecule has 2 aromatic rings. The summed E-state index contributed by atoms with van der Waals surface area (Å²) in [6.45, 7) is 6.87. The molecule has 5 nitrogen and oxygen atoms in total. The molecule has 0 fully saturated rings. The Hall–Kier alpha value is -2.30. The second kappa shape index (κ2) is 6.23. The van der Waals surface area contributed by atoms with Crippen LogP contribution in [0.15, 0.2) is 28.8 Å². The maximum absolute atomic E-state index is 12.2. The number of nitrogens with one attached hydrogen (secondary N) is 2. The molecule has 106 valence electrons. The average Bonchev–Trinajstić information content (AvgIpc) is 2.82. The smallest absolute Gasteiger partial charge is 0.253 e. The molecule has 0 unspecified atom stereocenters. The van der Waals surface area contributed by atoms with Crippen LogP contribution in [0, 0.1) is 13.8 Å². The van der Waals surface area contributed by atoms with Crippen LogP contribution < -0.4 is 10.6 Å². The predicted octanol–water partition coefficient (Wildman–Crippen LogP) is 2.65. The lowest BCUT2D eigenvalue weighted by Gasteiger charge is -2.11. The molecule has 0 spiro atoms. The minimum absolute atomic E-state index is 0.142. The molecule has 1 heterocycles. The monoisotopic (exact) mass is 273 g/mol. The first-order valence-electron chi connectivity index (χ1n) is 6.64. The standard InChI is InChI=1S/C15H19N3O2/c1-4-16-13-7-10(2)5-6-12(13)15(19)18-9-14-17-8-11(3)20-14/h5-8,16H,4,9H2,1-3H3,(H,18,19). The molecule has 1 amide bonds. The number of aryl methyl sites for hydroxylation is 2. The number of benzene rings is 1. The van der Waals surface area contributed by atoms with Crippen molar-refractivity contribution < 1.29 is 9.21 Å². The molecule has 5 heteroatoms.